The van der Waals surface area contributed by atoms with Crippen molar-refractivity contribution < 1.29 is 5.11 Å². The molecule has 1 aliphatic heterocycles. The van der Waals surface area contributed by atoms with E-state index >= 15 is 0 Å². The van der Waals surface area contributed by atoms with Gasteiger partial charge in [-0.05, 0) is 30.7 Å². The zero-order chi connectivity index (χ0) is 13.2. The lowest BCUT2D eigenvalue weighted by molar-refractivity contribution is 0.170. The molecular formula is C14H20N4O. The van der Waals surface area contributed by atoms with Crippen molar-refractivity contribution in [3.05, 3.63) is 18.6 Å². The maximum absolute atomic E-state index is 9.25. The van der Waals surface area contributed by atoms with Crippen molar-refractivity contribution in [2.45, 2.75) is 19.8 Å². The quantitative estimate of drug-likeness (QED) is 0.883. The molecule has 1 saturated heterocycles. The normalized spacial score (nSPS) is 18.9. The SMILES string of the molecule is CC(CO)C1CCN(c2ncnc3[nH]ccc23)CC1. The highest BCUT2D eigenvalue weighted by Gasteiger charge is 2.25. The summed E-state index contributed by atoms with van der Waals surface area (Å²) in [6.07, 6.45) is 5.77. The molecule has 0 spiro atoms. The first-order chi connectivity index (χ1) is 9.29. The van der Waals surface area contributed by atoms with Gasteiger partial charge in [0, 0.05) is 25.9 Å². The van der Waals surface area contributed by atoms with Crippen LogP contribution in [0.3, 0.4) is 0 Å². The summed E-state index contributed by atoms with van der Waals surface area (Å²) in [6.45, 7) is 4.44. The van der Waals surface area contributed by atoms with Gasteiger partial charge in [-0.1, -0.05) is 6.92 Å². The molecule has 102 valence electrons. The van der Waals surface area contributed by atoms with Crippen LogP contribution >= 0.6 is 0 Å². The van der Waals surface area contributed by atoms with E-state index in [-0.39, 0.29) is 0 Å². The van der Waals surface area contributed by atoms with Crippen molar-refractivity contribution in [3.8, 4) is 0 Å². The lowest BCUT2D eigenvalue weighted by Crippen LogP contribution is -2.36. The Hall–Kier alpha value is -1.62. The van der Waals surface area contributed by atoms with Gasteiger partial charge in [-0.3, -0.25) is 0 Å². The third-order valence-electron chi connectivity index (χ3n) is 4.26. The Kier molecular flexibility index (Phi) is 3.38. The fourth-order valence-electron chi connectivity index (χ4n) is 2.94. The van der Waals surface area contributed by atoms with Gasteiger partial charge < -0.3 is 15.0 Å². The second-order valence-electron chi connectivity index (χ2n) is 5.42. The van der Waals surface area contributed by atoms with Crippen LogP contribution in [0.25, 0.3) is 11.0 Å². The molecule has 5 nitrogen and oxygen atoms in total. The standard InChI is InChI=1S/C14H20N4O/c1-10(8-19)11-3-6-18(7-4-11)14-12-2-5-15-13(12)16-9-17-14/h2,5,9-11,19H,3-4,6-8H2,1H3,(H,15,16,17). The number of aliphatic hydroxyl groups is 1. The third-order valence-corrected chi connectivity index (χ3v) is 4.26. The minimum Gasteiger partial charge on any atom is -0.396 e. The van der Waals surface area contributed by atoms with E-state index in [0.29, 0.717) is 18.4 Å². The van der Waals surface area contributed by atoms with Gasteiger partial charge in [0.05, 0.1) is 5.39 Å². The van der Waals surface area contributed by atoms with E-state index in [1.165, 1.54) is 0 Å². The predicted octanol–water partition coefficient (Wildman–Crippen LogP) is 1.80. The number of nitrogens with one attached hydrogen (secondary N) is 1. The van der Waals surface area contributed by atoms with Crippen molar-refractivity contribution in [3.63, 3.8) is 0 Å². The van der Waals surface area contributed by atoms with Gasteiger partial charge in [0.25, 0.3) is 0 Å². The molecule has 0 aliphatic carbocycles. The van der Waals surface area contributed by atoms with E-state index in [2.05, 4.69) is 26.8 Å². The number of H-pyrrole nitrogens is 1. The summed E-state index contributed by atoms with van der Waals surface area (Å²) in [6, 6.07) is 2.03. The number of piperidine rings is 1. The molecule has 0 bridgehead atoms. The minimum atomic E-state index is 0.292. The van der Waals surface area contributed by atoms with Crippen molar-refractivity contribution in [1.29, 1.82) is 0 Å². The van der Waals surface area contributed by atoms with Crippen molar-refractivity contribution in [2.24, 2.45) is 11.8 Å². The molecule has 0 amide bonds. The number of nitrogens with zero attached hydrogens (tertiary/aromatic N) is 3. The number of hydrogen-bond donors (Lipinski definition) is 2. The molecule has 1 atom stereocenters. The van der Waals surface area contributed by atoms with Gasteiger partial charge in [0.1, 0.15) is 17.8 Å². The summed E-state index contributed by atoms with van der Waals surface area (Å²) >= 11 is 0. The van der Waals surface area contributed by atoms with Gasteiger partial charge in [-0.2, -0.15) is 0 Å². The van der Waals surface area contributed by atoms with Crippen LogP contribution in [0.1, 0.15) is 19.8 Å². The summed E-state index contributed by atoms with van der Waals surface area (Å²) in [5.74, 6) is 2.06. The first-order valence-electron chi connectivity index (χ1n) is 6.93. The lowest BCUT2D eigenvalue weighted by atomic mass is 9.86. The van der Waals surface area contributed by atoms with E-state index in [0.717, 1.165) is 42.8 Å². The highest BCUT2D eigenvalue weighted by atomic mass is 16.3. The fourth-order valence-corrected chi connectivity index (χ4v) is 2.94. The van der Waals surface area contributed by atoms with Gasteiger partial charge in [0.2, 0.25) is 0 Å². The lowest BCUT2D eigenvalue weighted by Gasteiger charge is -2.35. The Morgan fingerprint density at radius 3 is 2.95 bits per heavy atom. The van der Waals surface area contributed by atoms with Gasteiger partial charge in [-0.25, -0.2) is 9.97 Å². The zero-order valence-electron chi connectivity index (χ0n) is 11.2. The average Bonchev–Trinajstić information content (AvgIpc) is 2.95. The van der Waals surface area contributed by atoms with E-state index in [9.17, 15) is 5.11 Å². The Morgan fingerprint density at radius 2 is 2.21 bits per heavy atom. The molecule has 3 heterocycles. The van der Waals surface area contributed by atoms with Crippen LogP contribution in [0.15, 0.2) is 18.6 Å². The second kappa shape index (κ2) is 5.17. The van der Waals surface area contributed by atoms with Crippen LogP contribution in [0, 0.1) is 11.8 Å². The number of aromatic amines is 1. The molecule has 1 unspecified atom stereocenters. The number of anilines is 1. The zero-order valence-corrected chi connectivity index (χ0v) is 11.2. The first kappa shape index (κ1) is 12.4. The predicted molar refractivity (Wildman–Crippen MR) is 75.1 cm³/mol. The van der Waals surface area contributed by atoms with Crippen LogP contribution in [0.4, 0.5) is 5.82 Å². The third kappa shape index (κ3) is 2.30. The topological polar surface area (TPSA) is 65.0 Å². The highest BCUT2D eigenvalue weighted by molar-refractivity contribution is 5.87. The maximum Gasteiger partial charge on any atom is 0.142 e. The monoisotopic (exact) mass is 260 g/mol. The number of aliphatic hydroxyl groups excluding tert-OH is 1. The fraction of sp³-hybridized carbons (Fsp3) is 0.571. The average molecular weight is 260 g/mol. The molecular weight excluding hydrogens is 240 g/mol. The maximum atomic E-state index is 9.25. The highest BCUT2D eigenvalue weighted by Crippen LogP contribution is 2.29. The number of hydrogen-bond acceptors (Lipinski definition) is 4. The van der Waals surface area contributed by atoms with Crippen molar-refractivity contribution in [1.82, 2.24) is 15.0 Å². The summed E-state index contributed by atoms with van der Waals surface area (Å²) in [7, 11) is 0. The first-order valence-corrected chi connectivity index (χ1v) is 6.93. The van der Waals surface area contributed by atoms with Crippen LogP contribution in [0.2, 0.25) is 0 Å². The summed E-state index contributed by atoms with van der Waals surface area (Å²) in [5, 5.41) is 10.3. The molecule has 5 heteroatoms. The van der Waals surface area contributed by atoms with Crippen LogP contribution < -0.4 is 4.90 Å². The van der Waals surface area contributed by atoms with Gasteiger partial charge in [-0.15, -0.1) is 0 Å². The van der Waals surface area contributed by atoms with E-state index < -0.39 is 0 Å². The number of fused-ring (bicyclic) bond motifs is 1. The molecule has 2 aromatic rings. The molecule has 2 N–H and O–H groups in total. The molecule has 19 heavy (non-hydrogen) atoms. The largest absolute Gasteiger partial charge is 0.396 e. The van der Waals surface area contributed by atoms with Crippen LogP contribution in [0.5, 0.6) is 0 Å². The molecule has 0 saturated carbocycles. The summed E-state index contributed by atoms with van der Waals surface area (Å²) in [4.78, 5) is 14.1. The van der Waals surface area contributed by atoms with Crippen molar-refractivity contribution >= 4 is 16.9 Å². The minimum absolute atomic E-state index is 0.292. The molecule has 2 aromatic heterocycles. The van der Waals surface area contributed by atoms with Gasteiger partial charge >= 0.3 is 0 Å². The Morgan fingerprint density at radius 1 is 1.42 bits per heavy atom. The molecule has 1 fully saturated rings. The smallest absolute Gasteiger partial charge is 0.142 e. The summed E-state index contributed by atoms with van der Waals surface area (Å²) < 4.78 is 0. The molecule has 0 aromatic carbocycles. The van der Waals surface area contributed by atoms with Crippen LogP contribution in [-0.4, -0.2) is 39.8 Å². The van der Waals surface area contributed by atoms with Gasteiger partial charge in [0.15, 0.2) is 0 Å². The van der Waals surface area contributed by atoms with E-state index in [1.807, 2.05) is 12.3 Å². The molecule has 3 rings (SSSR count). The van der Waals surface area contributed by atoms with E-state index in [1.54, 1.807) is 6.33 Å². The second-order valence-corrected chi connectivity index (χ2v) is 5.42. The van der Waals surface area contributed by atoms with E-state index in [4.69, 9.17) is 0 Å². The molecule has 1 aliphatic rings. The Labute approximate surface area is 112 Å². The Balaban J connectivity index is 1.76. The number of aromatic nitrogens is 3. The Bertz CT molecular complexity index is 545. The summed E-state index contributed by atoms with van der Waals surface area (Å²) in [5.41, 5.74) is 0.899. The number of rotatable bonds is 3. The molecule has 0 radical (unpaired) electrons. The van der Waals surface area contributed by atoms with Crippen molar-refractivity contribution in [2.75, 3.05) is 24.6 Å². The van der Waals surface area contributed by atoms with Crippen LogP contribution in [-0.2, 0) is 0 Å².